The molecule has 1 aromatic heterocycles. The first-order valence-electron chi connectivity index (χ1n) is 10.0. The van der Waals surface area contributed by atoms with Gasteiger partial charge in [-0.05, 0) is 30.3 Å². The van der Waals surface area contributed by atoms with Crippen LogP contribution in [0.15, 0.2) is 81.4 Å². The Labute approximate surface area is 184 Å². The van der Waals surface area contributed by atoms with Gasteiger partial charge in [0.1, 0.15) is 12.4 Å². The molecule has 0 spiro atoms. The number of para-hydroxylation sites is 1. The van der Waals surface area contributed by atoms with E-state index in [0.717, 1.165) is 16.8 Å². The van der Waals surface area contributed by atoms with Crippen LogP contribution in [0.3, 0.4) is 0 Å². The van der Waals surface area contributed by atoms with Crippen molar-refractivity contribution in [3.05, 3.63) is 82.9 Å². The molecule has 0 bridgehead atoms. The Kier molecular flexibility index (Phi) is 6.04. The summed E-state index contributed by atoms with van der Waals surface area (Å²) in [5, 5.41) is 3.63. The van der Waals surface area contributed by atoms with Gasteiger partial charge in [0.15, 0.2) is 5.03 Å². The first kappa shape index (κ1) is 21.7. The molecule has 10 heteroatoms. The molecule has 1 aliphatic rings. The number of benzene rings is 2. The third-order valence-corrected chi connectivity index (χ3v) is 6.94. The molecule has 0 atom stereocenters. The fourth-order valence-electron chi connectivity index (χ4n) is 3.54. The lowest BCUT2D eigenvalue weighted by Gasteiger charge is -2.36. The van der Waals surface area contributed by atoms with E-state index in [0.29, 0.717) is 31.9 Å². The third kappa shape index (κ3) is 4.40. The van der Waals surface area contributed by atoms with Gasteiger partial charge >= 0.3 is 0 Å². The normalized spacial score (nSPS) is 14.4. The van der Waals surface area contributed by atoms with Crippen molar-refractivity contribution >= 4 is 21.4 Å². The molecule has 1 amide bonds. The van der Waals surface area contributed by atoms with E-state index in [9.17, 15) is 22.4 Å². The SMILES string of the molecule is O=C(Cn1nc(S(=O)(=O)c2ccccc2)ccc1=O)N1CCN(c2ccccc2F)CC1. The van der Waals surface area contributed by atoms with Crippen molar-refractivity contribution < 1.29 is 17.6 Å². The minimum Gasteiger partial charge on any atom is -0.366 e. The fraction of sp³-hybridized carbons (Fsp3) is 0.227. The van der Waals surface area contributed by atoms with Crippen molar-refractivity contribution in [2.75, 3.05) is 31.1 Å². The van der Waals surface area contributed by atoms with Crippen LogP contribution < -0.4 is 10.5 Å². The maximum atomic E-state index is 14.0. The van der Waals surface area contributed by atoms with E-state index in [4.69, 9.17) is 0 Å². The molecule has 0 unspecified atom stereocenters. The van der Waals surface area contributed by atoms with Crippen LogP contribution in [-0.2, 0) is 21.2 Å². The number of sulfone groups is 1. The number of hydrogen-bond acceptors (Lipinski definition) is 6. The second-order valence-corrected chi connectivity index (χ2v) is 9.20. The summed E-state index contributed by atoms with van der Waals surface area (Å²) >= 11 is 0. The molecule has 32 heavy (non-hydrogen) atoms. The topological polar surface area (TPSA) is 92.6 Å². The molecule has 8 nitrogen and oxygen atoms in total. The smallest absolute Gasteiger partial charge is 0.267 e. The van der Waals surface area contributed by atoms with Crippen LogP contribution >= 0.6 is 0 Å². The number of rotatable bonds is 5. The van der Waals surface area contributed by atoms with Gasteiger partial charge in [0, 0.05) is 32.2 Å². The molecule has 2 aromatic carbocycles. The van der Waals surface area contributed by atoms with Gasteiger partial charge < -0.3 is 9.80 Å². The molecule has 0 saturated carbocycles. The molecule has 3 aromatic rings. The number of hydrogen-bond donors (Lipinski definition) is 0. The van der Waals surface area contributed by atoms with E-state index in [1.807, 2.05) is 4.90 Å². The van der Waals surface area contributed by atoms with Gasteiger partial charge in [-0.1, -0.05) is 30.3 Å². The zero-order valence-corrected chi connectivity index (χ0v) is 17.9. The summed E-state index contributed by atoms with van der Waals surface area (Å²) in [6.07, 6.45) is 0. The van der Waals surface area contributed by atoms with Crippen molar-refractivity contribution in [2.45, 2.75) is 16.5 Å². The summed E-state index contributed by atoms with van der Waals surface area (Å²) in [5.74, 6) is -0.679. The van der Waals surface area contributed by atoms with Crippen molar-refractivity contribution in [1.29, 1.82) is 0 Å². The summed E-state index contributed by atoms with van der Waals surface area (Å²) < 4.78 is 40.4. The van der Waals surface area contributed by atoms with E-state index >= 15 is 0 Å². The number of halogens is 1. The molecule has 2 heterocycles. The third-order valence-electron chi connectivity index (χ3n) is 5.28. The Morgan fingerprint density at radius 1 is 0.906 bits per heavy atom. The first-order valence-corrected chi connectivity index (χ1v) is 11.5. The lowest BCUT2D eigenvalue weighted by atomic mass is 10.2. The number of aromatic nitrogens is 2. The first-order chi connectivity index (χ1) is 15.4. The van der Waals surface area contributed by atoms with Gasteiger partial charge in [0.05, 0.1) is 10.6 Å². The molecule has 1 aliphatic heterocycles. The van der Waals surface area contributed by atoms with Crippen LogP contribution in [0.1, 0.15) is 0 Å². The standard InChI is InChI=1S/C22H21FN4O4S/c23-18-8-4-5-9-19(18)25-12-14-26(15-13-25)22(29)16-27-21(28)11-10-20(24-27)32(30,31)17-6-2-1-3-7-17/h1-11H,12-16H2. The van der Waals surface area contributed by atoms with Gasteiger partial charge in [-0.15, -0.1) is 0 Å². The predicted octanol–water partition coefficient (Wildman–Crippen LogP) is 1.56. The monoisotopic (exact) mass is 456 g/mol. The average molecular weight is 456 g/mol. The van der Waals surface area contributed by atoms with Crippen LogP contribution in [0.2, 0.25) is 0 Å². The molecule has 1 saturated heterocycles. The molecular formula is C22H21FN4O4S. The second-order valence-electron chi connectivity index (χ2n) is 7.30. The quantitative estimate of drug-likeness (QED) is 0.579. The van der Waals surface area contributed by atoms with Gasteiger partial charge in [0.2, 0.25) is 15.7 Å². The van der Waals surface area contributed by atoms with Crippen LogP contribution in [0.4, 0.5) is 10.1 Å². The highest BCUT2D eigenvalue weighted by Gasteiger charge is 2.25. The van der Waals surface area contributed by atoms with E-state index in [-0.39, 0.29) is 28.2 Å². The minimum atomic E-state index is -3.92. The maximum absolute atomic E-state index is 14.0. The Hall–Kier alpha value is -3.53. The average Bonchev–Trinajstić information content (AvgIpc) is 2.81. The number of anilines is 1. The minimum absolute atomic E-state index is 0.0493. The van der Waals surface area contributed by atoms with Gasteiger partial charge in [-0.25, -0.2) is 17.5 Å². The van der Waals surface area contributed by atoms with E-state index in [1.165, 1.54) is 18.2 Å². The van der Waals surface area contributed by atoms with E-state index in [1.54, 1.807) is 41.3 Å². The fourth-order valence-corrected chi connectivity index (χ4v) is 4.75. The molecule has 166 valence electrons. The summed E-state index contributed by atoms with van der Waals surface area (Å²) in [6.45, 7) is 1.21. The highest BCUT2D eigenvalue weighted by Crippen LogP contribution is 2.20. The van der Waals surface area contributed by atoms with Crippen LogP contribution in [0.5, 0.6) is 0 Å². The van der Waals surface area contributed by atoms with Gasteiger partial charge in [-0.3, -0.25) is 9.59 Å². The number of nitrogens with zero attached hydrogens (tertiary/aromatic N) is 4. The number of piperazine rings is 1. The van der Waals surface area contributed by atoms with Crippen LogP contribution in [0.25, 0.3) is 0 Å². The van der Waals surface area contributed by atoms with Crippen LogP contribution in [0, 0.1) is 5.82 Å². The highest BCUT2D eigenvalue weighted by molar-refractivity contribution is 7.91. The Balaban J connectivity index is 1.47. The Morgan fingerprint density at radius 3 is 2.25 bits per heavy atom. The largest absolute Gasteiger partial charge is 0.366 e. The van der Waals surface area contributed by atoms with Gasteiger partial charge in [-0.2, -0.15) is 5.10 Å². The molecular weight excluding hydrogens is 435 g/mol. The summed E-state index contributed by atoms with van der Waals surface area (Å²) in [5.41, 5.74) is -0.0911. The summed E-state index contributed by atoms with van der Waals surface area (Å²) in [7, 11) is -3.92. The molecule has 0 radical (unpaired) electrons. The zero-order chi connectivity index (χ0) is 22.7. The van der Waals surface area contributed by atoms with E-state index < -0.39 is 15.4 Å². The van der Waals surface area contributed by atoms with E-state index in [2.05, 4.69) is 5.10 Å². The van der Waals surface area contributed by atoms with Crippen molar-refractivity contribution in [3.63, 3.8) is 0 Å². The molecule has 1 fully saturated rings. The predicted molar refractivity (Wildman–Crippen MR) is 116 cm³/mol. The zero-order valence-electron chi connectivity index (χ0n) is 17.1. The van der Waals surface area contributed by atoms with Crippen LogP contribution in [-0.4, -0.2) is 55.2 Å². The highest BCUT2D eigenvalue weighted by atomic mass is 32.2. The van der Waals surface area contributed by atoms with Crippen molar-refractivity contribution in [1.82, 2.24) is 14.7 Å². The summed E-state index contributed by atoms with van der Waals surface area (Å²) in [6, 6.07) is 16.4. The van der Waals surface area contributed by atoms with Crippen molar-refractivity contribution in [2.24, 2.45) is 0 Å². The Bertz CT molecular complexity index is 1290. The van der Waals surface area contributed by atoms with Crippen molar-refractivity contribution in [3.8, 4) is 0 Å². The number of carbonyl (C=O) groups is 1. The maximum Gasteiger partial charge on any atom is 0.267 e. The lowest BCUT2D eigenvalue weighted by Crippen LogP contribution is -2.50. The molecule has 4 rings (SSSR count). The molecule has 0 N–H and O–H groups in total. The second kappa shape index (κ2) is 8.91. The summed E-state index contributed by atoms with van der Waals surface area (Å²) in [4.78, 5) is 28.4. The van der Waals surface area contributed by atoms with Gasteiger partial charge in [0.25, 0.3) is 5.56 Å². The number of amides is 1. The Morgan fingerprint density at radius 2 is 1.56 bits per heavy atom. The molecule has 0 aliphatic carbocycles. The lowest BCUT2D eigenvalue weighted by molar-refractivity contribution is -0.132. The number of carbonyl (C=O) groups excluding carboxylic acids is 1.